The number of hydrogen-bond acceptors (Lipinski definition) is 6. The number of nitrogens with one attached hydrogen (secondary N) is 1. The summed E-state index contributed by atoms with van der Waals surface area (Å²) >= 11 is 0. The molecule has 1 aromatic heterocycles. The normalized spacial score (nSPS) is 20.9. The fraction of sp³-hybridized carbons (Fsp3) is 0.600. The molecule has 152 valence electrons. The number of aromatic nitrogens is 1. The van der Waals surface area contributed by atoms with Gasteiger partial charge in [0.1, 0.15) is 6.04 Å². The topological polar surface area (TPSA) is 103 Å². The summed E-state index contributed by atoms with van der Waals surface area (Å²) in [6.45, 7) is 0.481. The molecule has 1 saturated heterocycles. The van der Waals surface area contributed by atoms with Gasteiger partial charge in [-0.3, -0.25) is 29.6 Å². The Balaban J connectivity index is 1.68. The van der Waals surface area contributed by atoms with Gasteiger partial charge in [0.05, 0.1) is 18.9 Å². The zero-order valence-electron chi connectivity index (χ0n) is 16.0. The van der Waals surface area contributed by atoms with Crippen LogP contribution in [0.25, 0.3) is 0 Å². The van der Waals surface area contributed by atoms with Gasteiger partial charge in [0.2, 0.25) is 12.3 Å². The number of Topliss-reactive ketones (excluding diaryl/α,β-unsaturated/α-hetero) is 1. The Morgan fingerprint density at radius 1 is 1.32 bits per heavy atom. The highest BCUT2D eigenvalue weighted by Crippen LogP contribution is 2.31. The number of carbonyl (C=O) groups excluding carboxylic acids is 3. The Labute approximate surface area is 164 Å². The standard InChI is InChI=1S/C20H28N4O4/c25-14-23(28)13-16(11-15-5-1-2-6-15)20(27)24-18(8-10-22-24)19(26)12-17-7-3-4-9-21-17/h3-4,7,9,14-16,18,22,28H,1-2,5-6,8,10-13H2/t16-,18+/m1/s1. The minimum absolute atomic E-state index is 0.0574. The first-order chi connectivity index (χ1) is 13.6. The zero-order valence-corrected chi connectivity index (χ0v) is 16.0. The first-order valence-corrected chi connectivity index (χ1v) is 9.98. The number of hydrazine groups is 1. The number of nitrogens with zero attached hydrogens (tertiary/aromatic N) is 3. The molecule has 28 heavy (non-hydrogen) atoms. The molecule has 2 amide bonds. The van der Waals surface area contributed by atoms with Crippen molar-refractivity contribution in [2.45, 2.75) is 51.0 Å². The molecule has 0 radical (unpaired) electrons. The monoisotopic (exact) mass is 388 g/mol. The molecule has 8 nitrogen and oxygen atoms in total. The summed E-state index contributed by atoms with van der Waals surface area (Å²) in [7, 11) is 0. The molecular formula is C20H28N4O4. The van der Waals surface area contributed by atoms with Crippen LogP contribution in [0.5, 0.6) is 0 Å². The molecule has 1 saturated carbocycles. The number of amides is 2. The number of hydroxylamine groups is 2. The smallest absolute Gasteiger partial charge is 0.242 e. The van der Waals surface area contributed by atoms with Gasteiger partial charge in [-0.25, -0.2) is 10.5 Å². The van der Waals surface area contributed by atoms with Gasteiger partial charge in [0, 0.05) is 18.4 Å². The summed E-state index contributed by atoms with van der Waals surface area (Å²) in [6.07, 6.45) is 7.71. The van der Waals surface area contributed by atoms with Gasteiger partial charge in [-0.1, -0.05) is 31.7 Å². The lowest BCUT2D eigenvalue weighted by Gasteiger charge is -2.29. The predicted molar refractivity (Wildman–Crippen MR) is 101 cm³/mol. The lowest BCUT2D eigenvalue weighted by Crippen LogP contribution is -2.51. The zero-order chi connectivity index (χ0) is 19.9. The van der Waals surface area contributed by atoms with Crippen LogP contribution in [-0.4, -0.2) is 57.5 Å². The Bertz CT molecular complexity index is 678. The highest BCUT2D eigenvalue weighted by atomic mass is 16.5. The largest absolute Gasteiger partial charge is 0.297 e. The van der Waals surface area contributed by atoms with Crippen LogP contribution in [0.3, 0.4) is 0 Å². The van der Waals surface area contributed by atoms with Crippen molar-refractivity contribution >= 4 is 18.1 Å². The summed E-state index contributed by atoms with van der Waals surface area (Å²) in [5, 5.41) is 11.6. The molecule has 3 rings (SSSR count). The third-order valence-electron chi connectivity index (χ3n) is 5.67. The summed E-state index contributed by atoms with van der Waals surface area (Å²) in [4.78, 5) is 41.0. The first-order valence-electron chi connectivity index (χ1n) is 9.98. The fourth-order valence-corrected chi connectivity index (χ4v) is 4.26. The molecule has 2 N–H and O–H groups in total. The van der Waals surface area contributed by atoms with Gasteiger partial charge in [0.25, 0.3) is 0 Å². The van der Waals surface area contributed by atoms with Crippen LogP contribution in [0.2, 0.25) is 0 Å². The quantitative estimate of drug-likeness (QED) is 0.376. The third-order valence-corrected chi connectivity index (χ3v) is 5.67. The van der Waals surface area contributed by atoms with Crippen molar-refractivity contribution in [1.29, 1.82) is 0 Å². The number of ketones is 1. The highest BCUT2D eigenvalue weighted by Gasteiger charge is 2.38. The van der Waals surface area contributed by atoms with Crippen molar-refractivity contribution in [2.75, 3.05) is 13.1 Å². The van der Waals surface area contributed by atoms with E-state index in [0.29, 0.717) is 42.5 Å². The van der Waals surface area contributed by atoms with Crippen LogP contribution in [0.1, 0.15) is 44.2 Å². The van der Waals surface area contributed by atoms with Crippen molar-refractivity contribution in [3.63, 3.8) is 0 Å². The Morgan fingerprint density at radius 3 is 2.79 bits per heavy atom. The van der Waals surface area contributed by atoms with Gasteiger partial charge in [-0.15, -0.1) is 0 Å². The lowest BCUT2D eigenvalue weighted by molar-refractivity contribution is -0.159. The maximum absolute atomic E-state index is 13.2. The molecule has 1 aliphatic heterocycles. The molecular weight excluding hydrogens is 360 g/mol. The number of pyridine rings is 1. The van der Waals surface area contributed by atoms with Crippen molar-refractivity contribution in [2.24, 2.45) is 11.8 Å². The molecule has 0 aromatic carbocycles. The van der Waals surface area contributed by atoms with Crippen molar-refractivity contribution < 1.29 is 19.6 Å². The van der Waals surface area contributed by atoms with Crippen molar-refractivity contribution in [3.8, 4) is 0 Å². The maximum atomic E-state index is 13.2. The molecule has 8 heteroatoms. The molecule has 1 aromatic rings. The minimum atomic E-state index is -0.552. The van der Waals surface area contributed by atoms with Crippen LogP contribution in [0.15, 0.2) is 24.4 Å². The summed E-state index contributed by atoms with van der Waals surface area (Å²) in [5.41, 5.74) is 3.70. The SMILES string of the molecule is O=CN(O)C[C@@H](CC1CCCC1)C(=O)N1NCC[C@H]1C(=O)Cc1ccccn1. The van der Waals surface area contributed by atoms with Gasteiger partial charge >= 0.3 is 0 Å². The minimum Gasteiger partial charge on any atom is -0.297 e. The van der Waals surface area contributed by atoms with Crippen LogP contribution in [0, 0.1) is 11.8 Å². The van der Waals surface area contributed by atoms with E-state index in [-0.39, 0.29) is 24.7 Å². The van der Waals surface area contributed by atoms with E-state index >= 15 is 0 Å². The van der Waals surface area contributed by atoms with Crippen LogP contribution in [0.4, 0.5) is 0 Å². The second-order valence-corrected chi connectivity index (χ2v) is 7.70. The first kappa shape index (κ1) is 20.4. The maximum Gasteiger partial charge on any atom is 0.242 e. The Hall–Kier alpha value is -2.32. The fourth-order valence-electron chi connectivity index (χ4n) is 4.26. The average Bonchev–Trinajstić information content (AvgIpc) is 3.39. The second-order valence-electron chi connectivity index (χ2n) is 7.70. The third kappa shape index (κ3) is 5.14. The van der Waals surface area contributed by atoms with E-state index in [0.717, 1.165) is 25.7 Å². The molecule has 2 aliphatic rings. The Kier molecular flexibility index (Phi) is 7.11. The number of carbonyl (C=O) groups is 3. The summed E-state index contributed by atoms with van der Waals surface area (Å²) in [5.74, 6) is -0.411. The lowest BCUT2D eigenvalue weighted by atomic mass is 9.91. The second kappa shape index (κ2) is 9.75. The van der Waals surface area contributed by atoms with Crippen LogP contribution in [-0.2, 0) is 20.8 Å². The highest BCUT2D eigenvalue weighted by molar-refractivity contribution is 5.91. The van der Waals surface area contributed by atoms with Gasteiger partial charge < -0.3 is 0 Å². The van der Waals surface area contributed by atoms with E-state index in [4.69, 9.17) is 0 Å². The van der Waals surface area contributed by atoms with Gasteiger partial charge in [-0.2, -0.15) is 0 Å². The van der Waals surface area contributed by atoms with Gasteiger partial charge in [0.15, 0.2) is 5.78 Å². The molecule has 0 bridgehead atoms. The number of hydrogen-bond donors (Lipinski definition) is 2. The summed E-state index contributed by atoms with van der Waals surface area (Å²) < 4.78 is 0. The van der Waals surface area contributed by atoms with E-state index in [1.807, 2.05) is 6.07 Å². The summed E-state index contributed by atoms with van der Waals surface area (Å²) in [6, 6.07) is 4.87. The molecule has 2 heterocycles. The van der Waals surface area contributed by atoms with Crippen LogP contribution < -0.4 is 5.43 Å². The average molecular weight is 388 g/mol. The number of rotatable bonds is 9. The molecule has 2 fully saturated rings. The van der Waals surface area contributed by atoms with E-state index < -0.39 is 12.0 Å². The van der Waals surface area contributed by atoms with Gasteiger partial charge in [-0.05, 0) is 30.9 Å². The van der Waals surface area contributed by atoms with E-state index in [2.05, 4.69) is 10.4 Å². The van der Waals surface area contributed by atoms with Crippen LogP contribution >= 0.6 is 0 Å². The van der Waals surface area contributed by atoms with E-state index in [9.17, 15) is 19.6 Å². The molecule has 0 spiro atoms. The molecule has 1 aliphatic carbocycles. The van der Waals surface area contributed by atoms with E-state index in [1.54, 1.807) is 18.3 Å². The Morgan fingerprint density at radius 2 is 2.11 bits per heavy atom. The predicted octanol–water partition coefficient (Wildman–Crippen LogP) is 1.34. The van der Waals surface area contributed by atoms with E-state index in [1.165, 1.54) is 5.01 Å². The molecule has 0 unspecified atom stereocenters. The molecule has 2 atom stereocenters. The van der Waals surface area contributed by atoms with Crippen molar-refractivity contribution in [1.82, 2.24) is 20.5 Å². The van der Waals surface area contributed by atoms with Crippen molar-refractivity contribution in [3.05, 3.63) is 30.1 Å².